The van der Waals surface area contributed by atoms with Crippen LogP contribution in [0.3, 0.4) is 0 Å². The van der Waals surface area contributed by atoms with Gasteiger partial charge in [-0.05, 0) is 24.5 Å². The Balaban J connectivity index is 2.58. The van der Waals surface area contributed by atoms with E-state index in [4.69, 9.17) is 5.73 Å². The zero-order valence-corrected chi connectivity index (χ0v) is 12.2. The summed E-state index contributed by atoms with van der Waals surface area (Å²) in [7, 11) is 1.57. The molecule has 5 nitrogen and oxygen atoms in total. The summed E-state index contributed by atoms with van der Waals surface area (Å²) in [6, 6.07) is 7.53. The number of likely N-dealkylation sites (N-methyl/N-ethyl adjacent to an activating group) is 1. The van der Waals surface area contributed by atoms with Crippen LogP contribution in [-0.4, -0.2) is 36.9 Å². The molecule has 0 aromatic heterocycles. The summed E-state index contributed by atoms with van der Waals surface area (Å²) in [5, 5.41) is 2.54. The first kappa shape index (κ1) is 16.0. The van der Waals surface area contributed by atoms with Crippen LogP contribution in [0.4, 0.5) is 5.69 Å². The number of hydrogen-bond acceptors (Lipinski definition) is 3. The molecule has 0 atom stereocenters. The number of anilines is 1. The number of carbonyl (C=O) groups excluding carboxylic acids is 2. The molecule has 5 heteroatoms. The topological polar surface area (TPSA) is 75.4 Å². The van der Waals surface area contributed by atoms with E-state index in [0.717, 1.165) is 12.0 Å². The molecular formula is C15H23N3O2. The summed E-state index contributed by atoms with van der Waals surface area (Å²) in [4.78, 5) is 25.2. The van der Waals surface area contributed by atoms with Crippen molar-refractivity contribution in [2.45, 2.75) is 26.2 Å². The van der Waals surface area contributed by atoms with Gasteiger partial charge >= 0.3 is 0 Å². The largest absolute Gasteiger partial charge is 0.399 e. The number of rotatable bonds is 7. The fraction of sp³-hybridized carbons (Fsp3) is 0.467. The Kier molecular flexibility index (Phi) is 6.56. The average Bonchev–Trinajstić information content (AvgIpc) is 2.45. The minimum atomic E-state index is -0.147. The monoisotopic (exact) mass is 277 g/mol. The van der Waals surface area contributed by atoms with Crippen LogP contribution in [-0.2, 0) is 16.0 Å². The van der Waals surface area contributed by atoms with Crippen LogP contribution in [0, 0.1) is 0 Å². The van der Waals surface area contributed by atoms with Crippen molar-refractivity contribution in [2.24, 2.45) is 0 Å². The number of amides is 2. The highest BCUT2D eigenvalue weighted by Crippen LogP contribution is 2.13. The lowest BCUT2D eigenvalue weighted by molar-refractivity contribution is -0.135. The third kappa shape index (κ3) is 4.91. The number of carbonyl (C=O) groups is 2. The van der Waals surface area contributed by atoms with E-state index in [1.54, 1.807) is 11.9 Å². The molecule has 0 aliphatic carbocycles. The van der Waals surface area contributed by atoms with E-state index < -0.39 is 0 Å². The van der Waals surface area contributed by atoms with Gasteiger partial charge in [0.25, 0.3) is 0 Å². The van der Waals surface area contributed by atoms with E-state index in [1.165, 1.54) is 0 Å². The standard InChI is InChI=1S/C15H23N3O2/c1-3-10-18(11-14(19)17-2)15(20)9-8-12-6-4-5-7-13(12)16/h4-7H,3,8-11,16H2,1-2H3,(H,17,19). The molecule has 3 N–H and O–H groups in total. The van der Waals surface area contributed by atoms with Gasteiger partial charge < -0.3 is 16.0 Å². The summed E-state index contributed by atoms with van der Waals surface area (Å²) >= 11 is 0. The van der Waals surface area contributed by atoms with Crippen LogP contribution in [0.15, 0.2) is 24.3 Å². The van der Waals surface area contributed by atoms with Crippen LogP contribution in [0.1, 0.15) is 25.3 Å². The fourth-order valence-electron chi connectivity index (χ4n) is 1.98. The van der Waals surface area contributed by atoms with Crippen molar-refractivity contribution in [3.63, 3.8) is 0 Å². The Labute approximate surface area is 120 Å². The predicted octanol–water partition coefficient (Wildman–Crippen LogP) is 1.19. The number of para-hydroxylation sites is 1. The quantitative estimate of drug-likeness (QED) is 0.735. The minimum Gasteiger partial charge on any atom is -0.399 e. The Morgan fingerprint density at radius 1 is 1.30 bits per heavy atom. The predicted molar refractivity (Wildman–Crippen MR) is 80.1 cm³/mol. The van der Waals surface area contributed by atoms with Crippen LogP contribution < -0.4 is 11.1 Å². The number of aryl methyl sites for hydroxylation is 1. The molecule has 1 aromatic carbocycles. The zero-order chi connectivity index (χ0) is 15.0. The van der Waals surface area contributed by atoms with Gasteiger partial charge in [0.05, 0.1) is 6.54 Å². The number of benzene rings is 1. The second-order valence-electron chi connectivity index (χ2n) is 4.69. The third-order valence-electron chi connectivity index (χ3n) is 3.12. The Hall–Kier alpha value is -2.04. The molecule has 0 heterocycles. The number of hydrogen-bond donors (Lipinski definition) is 2. The van der Waals surface area contributed by atoms with Crippen molar-refractivity contribution in [3.05, 3.63) is 29.8 Å². The fourth-order valence-corrected chi connectivity index (χ4v) is 1.98. The van der Waals surface area contributed by atoms with Gasteiger partial charge in [-0.3, -0.25) is 9.59 Å². The summed E-state index contributed by atoms with van der Waals surface area (Å²) in [6.07, 6.45) is 1.79. The van der Waals surface area contributed by atoms with Gasteiger partial charge in [0.15, 0.2) is 0 Å². The summed E-state index contributed by atoms with van der Waals surface area (Å²) in [5.41, 5.74) is 7.53. The highest BCUT2D eigenvalue weighted by molar-refractivity contribution is 5.84. The van der Waals surface area contributed by atoms with E-state index in [1.807, 2.05) is 31.2 Å². The first-order chi connectivity index (χ1) is 9.58. The van der Waals surface area contributed by atoms with Gasteiger partial charge in [-0.25, -0.2) is 0 Å². The number of nitrogens with two attached hydrogens (primary N) is 1. The molecule has 1 aromatic rings. The lowest BCUT2D eigenvalue weighted by Gasteiger charge is -2.21. The molecule has 0 radical (unpaired) electrons. The Morgan fingerprint density at radius 3 is 2.60 bits per heavy atom. The van der Waals surface area contributed by atoms with Crippen LogP contribution >= 0.6 is 0 Å². The van der Waals surface area contributed by atoms with Crippen molar-refractivity contribution in [3.8, 4) is 0 Å². The summed E-state index contributed by atoms with van der Waals surface area (Å²) in [6.45, 7) is 2.70. The normalized spacial score (nSPS) is 10.1. The molecular weight excluding hydrogens is 254 g/mol. The van der Waals surface area contributed by atoms with Crippen LogP contribution in [0.5, 0.6) is 0 Å². The Bertz CT molecular complexity index is 460. The maximum atomic E-state index is 12.2. The van der Waals surface area contributed by atoms with E-state index in [-0.39, 0.29) is 18.4 Å². The summed E-state index contributed by atoms with van der Waals surface area (Å²) < 4.78 is 0. The molecule has 0 saturated heterocycles. The molecule has 1 rings (SSSR count). The van der Waals surface area contributed by atoms with Crippen LogP contribution in [0.25, 0.3) is 0 Å². The van der Waals surface area contributed by atoms with E-state index in [0.29, 0.717) is 25.1 Å². The zero-order valence-electron chi connectivity index (χ0n) is 12.2. The molecule has 0 saturated carbocycles. The smallest absolute Gasteiger partial charge is 0.239 e. The van der Waals surface area contributed by atoms with Crippen LogP contribution in [0.2, 0.25) is 0 Å². The highest BCUT2D eigenvalue weighted by Gasteiger charge is 2.15. The van der Waals surface area contributed by atoms with Gasteiger partial charge in [-0.1, -0.05) is 25.1 Å². The first-order valence-electron chi connectivity index (χ1n) is 6.90. The summed E-state index contributed by atoms with van der Waals surface area (Å²) in [5.74, 6) is -0.162. The maximum Gasteiger partial charge on any atom is 0.239 e. The second-order valence-corrected chi connectivity index (χ2v) is 4.69. The van der Waals surface area contributed by atoms with Gasteiger partial charge in [0.2, 0.25) is 11.8 Å². The van der Waals surface area contributed by atoms with Crippen molar-refractivity contribution in [1.82, 2.24) is 10.2 Å². The van der Waals surface area contributed by atoms with E-state index in [9.17, 15) is 9.59 Å². The number of nitrogens with one attached hydrogen (secondary N) is 1. The SMILES string of the molecule is CCCN(CC(=O)NC)C(=O)CCc1ccccc1N. The van der Waals surface area contributed by atoms with Gasteiger partial charge in [-0.15, -0.1) is 0 Å². The molecule has 2 amide bonds. The van der Waals surface area contributed by atoms with Crippen molar-refractivity contribution < 1.29 is 9.59 Å². The van der Waals surface area contributed by atoms with Crippen molar-refractivity contribution in [2.75, 3.05) is 25.9 Å². The van der Waals surface area contributed by atoms with Crippen molar-refractivity contribution in [1.29, 1.82) is 0 Å². The highest BCUT2D eigenvalue weighted by atomic mass is 16.2. The van der Waals surface area contributed by atoms with Gasteiger partial charge in [0.1, 0.15) is 0 Å². The molecule has 0 aliphatic rings. The lowest BCUT2D eigenvalue weighted by atomic mass is 10.1. The minimum absolute atomic E-state index is 0.0151. The first-order valence-corrected chi connectivity index (χ1v) is 6.90. The average molecular weight is 277 g/mol. The van der Waals surface area contributed by atoms with E-state index >= 15 is 0 Å². The molecule has 0 spiro atoms. The van der Waals surface area contributed by atoms with Gasteiger partial charge in [0, 0.05) is 25.7 Å². The van der Waals surface area contributed by atoms with E-state index in [2.05, 4.69) is 5.32 Å². The molecule has 110 valence electrons. The number of nitrogens with zero attached hydrogens (tertiary/aromatic N) is 1. The number of nitrogen functional groups attached to an aromatic ring is 1. The lowest BCUT2D eigenvalue weighted by Crippen LogP contribution is -2.40. The molecule has 0 aliphatic heterocycles. The molecule has 0 unspecified atom stereocenters. The Morgan fingerprint density at radius 2 is 2.00 bits per heavy atom. The van der Waals surface area contributed by atoms with Crippen molar-refractivity contribution >= 4 is 17.5 Å². The molecule has 20 heavy (non-hydrogen) atoms. The second kappa shape index (κ2) is 8.19. The maximum absolute atomic E-state index is 12.2. The van der Waals surface area contributed by atoms with Gasteiger partial charge in [-0.2, -0.15) is 0 Å². The third-order valence-corrected chi connectivity index (χ3v) is 3.12. The molecule has 0 bridgehead atoms. The molecule has 0 fully saturated rings.